The van der Waals surface area contributed by atoms with E-state index < -0.39 is 61.0 Å². The number of likely N-dealkylation sites (tertiary alicyclic amines) is 1. The number of carbonyl (C=O) groups excluding carboxylic acids is 2. The van der Waals surface area contributed by atoms with Crippen LogP contribution in [0.5, 0.6) is 11.5 Å². The zero-order chi connectivity index (χ0) is 34.6. The minimum absolute atomic E-state index is 0.146. The van der Waals surface area contributed by atoms with Gasteiger partial charge in [-0.25, -0.2) is 13.2 Å². The van der Waals surface area contributed by atoms with Crippen molar-refractivity contribution in [2.45, 2.75) is 74.0 Å². The lowest BCUT2D eigenvalue weighted by Gasteiger charge is -2.38. The van der Waals surface area contributed by atoms with Gasteiger partial charge in [0.2, 0.25) is 6.04 Å². The van der Waals surface area contributed by atoms with Crippen molar-refractivity contribution in [3.8, 4) is 11.5 Å². The lowest BCUT2D eigenvalue weighted by atomic mass is 9.90. The zero-order valence-electron chi connectivity index (χ0n) is 25.4. The standard InChI is InChI=1S/C30H35BrF5N3O7S/c1-44-25-17-20(7-12-24(25)31)29(32,33)26(27(40)38-15-13-21(37)14-16-38)39(46-28(41)30(34,35)36)47(42,43)23-10-8-22(9-11-23)45-18-19-5-3-2-4-6-19/h7-12,17,19,21,26H,2-6,13-16,18,37H2,1H3/t26-/m1/s1. The Bertz CT molecular complexity index is 1510. The maximum atomic E-state index is 16.6. The number of sulfonamides is 1. The van der Waals surface area contributed by atoms with Crippen molar-refractivity contribution in [1.82, 2.24) is 9.37 Å². The Labute approximate surface area is 277 Å². The molecule has 1 heterocycles. The van der Waals surface area contributed by atoms with Gasteiger partial charge in [0.15, 0.2) is 0 Å². The first kappa shape index (κ1) is 36.8. The number of hydrogen-bond donors (Lipinski definition) is 1. The highest BCUT2D eigenvalue weighted by Crippen LogP contribution is 2.42. The van der Waals surface area contributed by atoms with Crippen LogP contribution in [0.3, 0.4) is 0 Å². The number of hydrogen-bond acceptors (Lipinski definition) is 8. The molecule has 1 aliphatic carbocycles. The van der Waals surface area contributed by atoms with Gasteiger partial charge < -0.3 is 24.9 Å². The second-order valence-electron chi connectivity index (χ2n) is 11.5. The summed E-state index contributed by atoms with van der Waals surface area (Å²) in [6.45, 7) is -0.0604. The molecule has 47 heavy (non-hydrogen) atoms. The molecule has 10 nitrogen and oxygen atoms in total. The van der Waals surface area contributed by atoms with E-state index in [0.717, 1.165) is 74.4 Å². The number of nitrogens with zero attached hydrogens (tertiary/aromatic N) is 2. The first-order chi connectivity index (χ1) is 22.0. The minimum Gasteiger partial charge on any atom is -0.496 e. The van der Waals surface area contributed by atoms with Crippen LogP contribution in [0.25, 0.3) is 0 Å². The van der Waals surface area contributed by atoms with E-state index >= 15 is 8.78 Å². The molecule has 1 aliphatic heterocycles. The number of nitrogens with two attached hydrogens (primary N) is 1. The summed E-state index contributed by atoms with van der Waals surface area (Å²) in [5.74, 6) is -8.95. The topological polar surface area (TPSA) is 128 Å². The Morgan fingerprint density at radius 1 is 1.00 bits per heavy atom. The maximum absolute atomic E-state index is 16.6. The number of methoxy groups -OCH3 is 1. The van der Waals surface area contributed by atoms with Crippen molar-refractivity contribution < 1.29 is 54.3 Å². The smallest absolute Gasteiger partial charge is 0.492 e. The lowest BCUT2D eigenvalue weighted by Crippen LogP contribution is -2.60. The van der Waals surface area contributed by atoms with Crippen LogP contribution >= 0.6 is 15.9 Å². The molecule has 1 saturated carbocycles. The predicted molar refractivity (Wildman–Crippen MR) is 162 cm³/mol. The van der Waals surface area contributed by atoms with Gasteiger partial charge in [0.05, 0.1) is 23.1 Å². The Morgan fingerprint density at radius 3 is 2.19 bits per heavy atom. The van der Waals surface area contributed by atoms with E-state index in [4.69, 9.17) is 15.2 Å². The van der Waals surface area contributed by atoms with Crippen molar-refractivity contribution in [1.29, 1.82) is 0 Å². The third-order valence-electron chi connectivity index (χ3n) is 8.15. The number of amides is 1. The predicted octanol–water partition coefficient (Wildman–Crippen LogP) is 5.54. The number of alkyl halides is 5. The molecular weight excluding hydrogens is 721 g/mol. The molecular formula is C30H35BrF5N3O7S. The Hall–Kier alpha value is -3.02. The van der Waals surface area contributed by atoms with Gasteiger partial charge in [0, 0.05) is 24.7 Å². The summed E-state index contributed by atoms with van der Waals surface area (Å²) in [7, 11) is -4.42. The molecule has 0 aromatic heterocycles. The number of halogens is 6. The van der Waals surface area contributed by atoms with E-state index in [1.807, 2.05) is 0 Å². The molecule has 1 amide bonds. The van der Waals surface area contributed by atoms with Gasteiger partial charge in [-0.1, -0.05) is 25.3 Å². The third-order valence-corrected chi connectivity index (χ3v) is 10.4. The van der Waals surface area contributed by atoms with Gasteiger partial charge in [0.1, 0.15) is 11.5 Å². The molecule has 260 valence electrons. The van der Waals surface area contributed by atoms with Crippen molar-refractivity contribution >= 4 is 37.8 Å². The van der Waals surface area contributed by atoms with E-state index in [0.29, 0.717) is 12.5 Å². The van der Waals surface area contributed by atoms with Gasteiger partial charge in [-0.15, -0.1) is 0 Å². The number of ether oxygens (including phenoxy) is 2. The van der Waals surface area contributed by atoms with Crippen molar-refractivity contribution in [2.75, 3.05) is 26.8 Å². The molecule has 2 aromatic rings. The van der Waals surface area contributed by atoms with Crippen LogP contribution in [0, 0.1) is 5.92 Å². The normalized spacial score (nSPS) is 17.8. The molecule has 2 aliphatic rings. The highest BCUT2D eigenvalue weighted by molar-refractivity contribution is 9.10. The van der Waals surface area contributed by atoms with Crippen LogP contribution in [0.2, 0.25) is 0 Å². The highest BCUT2D eigenvalue weighted by atomic mass is 79.9. The van der Waals surface area contributed by atoms with Crippen LogP contribution in [0.4, 0.5) is 22.0 Å². The summed E-state index contributed by atoms with van der Waals surface area (Å²) in [4.78, 5) is 30.2. The number of carbonyl (C=O) groups is 2. The Morgan fingerprint density at radius 2 is 1.62 bits per heavy atom. The van der Waals surface area contributed by atoms with Gasteiger partial charge >= 0.3 is 18.1 Å². The molecule has 0 unspecified atom stereocenters. The van der Waals surface area contributed by atoms with E-state index in [2.05, 4.69) is 20.8 Å². The first-order valence-corrected chi connectivity index (χ1v) is 17.1. The average molecular weight is 757 g/mol. The molecule has 17 heteroatoms. The molecule has 4 rings (SSSR count). The number of hydroxylamine groups is 1. The van der Waals surface area contributed by atoms with Crippen molar-refractivity contribution in [3.63, 3.8) is 0 Å². The maximum Gasteiger partial charge on any atom is 0.492 e. The molecule has 0 bridgehead atoms. The minimum atomic E-state index is -5.81. The summed E-state index contributed by atoms with van der Waals surface area (Å²) < 4.78 is 112. The van der Waals surface area contributed by atoms with E-state index in [1.165, 1.54) is 12.1 Å². The zero-order valence-corrected chi connectivity index (χ0v) is 27.8. The molecule has 1 atom stereocenters. The van der Waals surface area contributed by atoms with E-state index in [1.54, 1.807) is 0 Å². The monoisotopic (exact) mass is 755 g/mol. The second kappa shape index (κ2) is 15.0. The van der Waals surface area contributed by atoms with Crippen LogP contribution in [-0.4, -0.2) is 74.7 Å². The Kier molecular flexibility index (Phi) is 11.8. The molecule has 0 radical (unpaired) electrons. The van der Waals surface area contributed by atoms with Gasteiger partial charge in [-0.3, -0.25) is 4.79 Å². The SMILES string of the molecule is COc1cc(C(F)(F)[C@@H](C(=O)N2CCC(N)CC2)N(OC(=O)C(F)(F)F)S(=O)(=O)c2ccc(OCC3CCCCC3)cc2)ccc1Br. The fourth-order valence-corrected chi connectivity index (χ4v) is 7.21. The summed E-state index contributed by atoms with van der Waals surface area (Å²) in [6, 6.07) is 3.23. The third kappa shape index (κ3) is 8.72. The molecule has 2 N–H and O–H groups in total. The Balaban J connectivity index is 1.79. The molecule has 2 aromatic carbocycles. The van der Waals surface area contributed by atoms with Crippen LogP contribution in [-0.2, 0) is 30.4 Å². The lowest BCUT2D eigenvalue weighted by molar-refractivity contribution is -0.239. The molecule has 0 spiro atoms. The fourth-order valence-electron chi connectivity index (χ4n) is 5.45. The first-order valence-electron chi connectivity index (χ1n) is 14.9. The summed E-state index contributed by atoms with van der Waals surface area (Å²) in [5.41, 5.74) is 4.87. The molecule has 1 saturated heterocycles. The number of rotatable bonds is 11. The van der Waals surface area contributed by atoms with Crippen LogP contribution in [0.1, 0.15) is 50.5 Å². The van der Waals surface area contributed by atoms with E-state index in [-0.39, 0.29) is 41.9 Å². The molecule has 2 fully saturated rings. The van der Waals surface area contributed by atoms with Gasteiger partial charge in [-0.05, 0) is 88.4 Å². The second-order valence-corrected chi connectivity index (χ2v) is 14.1. The number of piperidine rings is 1. The van der Waals surface area contributed by atoms with Crippen molar-refractivity contribution in [2.24, 2.45) is 11.7 Å². The van der Waals surface area contributed by atoms with Gasteiger partial charge in [0.25, 0.3) is 15.9 Å². The summed E-state index contributed by atoms with van der Waals surface area (Å²) >= 11 is 3.11. The van der Waals surface area contributed by atoms with E-state index in [9.17, 15) is 31.2 Å². The number of benzene rings is 2. The summed E-state index contributed by atoms with van der Waals surface area (Å²) in [5, 5.41) is 0. The average Bonchev–Trinajstić information content (AvgIpc) is 3.04. The fraction of sp³-hybridized carbons (Fsp3) is 0.533. The highest BCUT2D eigenvalue weighted by Gasteiger charge is 2.58. The van der Waals surface area contributed by atoms with Crippen molar-refractivity contribution in [3.05, 3.63) is 52.5 Å². The largest absolute Gasteiger partial charge is 0.496 e. The van der Waals surface area contributed by atoms with Gasteiger partial charge in [-0.2, -0.15) is 22.0 Å². The van der Waals surface area contributed by atoms with Crippen LogP contribution < -0.4 is 15.2 Å². The summed E-state index contributed by atoms with van der Waals surface area (Å²) in [6.07, 6.45) is -0.362. The quantitative estimate of drug-likeness (QED) is 0.234. The van der Waals surface area contributed by atoms with Crippen LogP contribution in [0.15, 0.2) is 51.8 Å².